The van der Waals surface area contributed by atoms with Crippen LogP contribution in [-0.4, -0.2) is 4.98 Å². The molecule has 0 radical (unpaired) electrons. The van der Waals surface area contributed by atoms with Gasteiger partial charge < -0.3 is 0 Å². The maximum Gasteiger partial charge on any atom is 0.214 e. The first-order valence-corrected chi connectivity index (χ1v) is 3.93. The second-order valence-electron chi connectivity index (χ2n) is 2.42. The number of hydrogen-bond acceptors (Lipinski definition) is 1. The van der Waals surface area contributed by atoms with Crippen molar-refractivity contribution in [2.45, 2.75) is 19.8 Å². The molecule has 0 N–H and O–H groups in total. The van der Waals surface area contributed by atoms with E-state index < -0.39 is 5.95 Å². The molecule has 0 atom stereocenters. The number of pyridine rings is 1. The van der Waals surface area contributed by atoms with Gasteiger partial charge in [0.05, 0.1) is 0 Å². The van der Waals surface area contributed by atoms with Crippen molar-refractivity contribution in [3.8, 4) is 11.8 Å². The van der Waals surface area contributed by atoms with E-state index in [1.165, 1.54) is 12.3 Å². The van der Waals surface area contributed by atoms with Crippen LogP contribution in [0, 0.1) is 17.8 Å². The predicted octanol–water partition coefficient (Wildman–Crippen LogP) is 2.37. The Bertz CT molecular complexity index is 309. The summed E-state index contributed by atoms with van der Waals surface area (Å²) in [6, 6.07) is 3.04. The van der Waals surface area contributed by atoms with Gasteiger partial charge in [-0.3, -0.25) is 0 Å². The summed E-state index contributed by atoms with van der Waals surface area (Å²) in [6.07, 6.45) is 3.30. The molecule has 0 amide bonds. The largest absolute Gasteiger partial charge is 0.228 e. The van der Waals surface area contributed by atoms with Crippen LogP contribution in [0.15, 0.2) is 18.3 Å². The summed E-state index contributed by atoms with van der Waals surface area (Å²) in [6.45, 7) is 2.06. The predicted molar refractivity (Wildman–Crippen MR) is 46.0 cm³/mol. The van der Waals surface area contributed by atoms with Crippen LogP contribution in [0.5, 0.6) is 0 Å². The van der Waals surface area contributed by atoms with Crippen molar-refractivity contribution in [3.63, 3.8) is 0 Å². The van der Waals surface area contributed by atoms with Crippen LogP contribution in [0.2, 0.25) is 0 Å². The summed E-state index contributed by atoms with van der Waals surface area (Å²) in [5.74, 6) is 5.32. The Morgan fingerprint density at radius 3 is 3.08 bits per heavy atom. The molecule has 0 unspecified atom stereocenters. The molecule has 1 aromatic heterocycles. The molecule has 0 aliphatic heterocycles. The van der Waals surface area contributed by atoms with Gasteiger partial charge in [-0.15, -0.1) is 0 Å². The molecule has 0 bridgehead atoms. The zero-order valence-corrected chi connectivity index (χ0v) is 6.97. The molecule has 1 rings (SSSR count). The van der Waals surface area contributed by atoms with Gasteiger partial charge >= 0.3 is 0 Å². The number of aromatic nitrogens is 1. The van der Waals surface area contributed by atoms with Crippen molar-refractivity contribution < 1.29 is 4.39 Å². The molecule has 0 aromatic carbocycles. The van der Waals surface area contributed by atoms with Crippen LogP contribution in [0.4, 0.5) is 4.39 Å². The third-order valence-corrected chi connectivity index (χ3v) is 1.33. The number of nitrogens with zero attached hydrogens (tertiary/aromatic N) is 1. The second-order valence-corrected chi connectivity index (χ2v) is 2.42. The minimum atomic E-state index is -0.474. The molecular formula is C10H10FN. The molecule has 0 saturated heterocycles. The van der Waals surface area contributed by atoms with E-state index in [2.05, 4.69) is 23.7 Å². The lowest BCUT2D eigenvalue weighted by molar-refractivity contribution is 0.583. The summed E-state index contributed by atoms with van der Waals surface area (Å²) >= 11 is 0. The third kappa shape index (κ3) is 2.71. The zero-order chi connectivity index (χ0) is 8.81. The van der Waals surface area contributed by atoms with Crippen molar-refractivity contribution in [2.75, 3.05) is 0 Å². The lowest BCUT2D eigenvalue weighted by atomic mass is 10.2. The first-order chi connectivity index (χ1) is 5.83. The first-order valence-electron chi connectivity index (χ1n) is 3.93. The average Bonchev–Trinajstić information content (AvgIpc) is 2.05. The van der Waals surface area contributed by atoms with Gasteiger partial charge in [-0.2, -0.15) is 4.39 Å². The quantitative estimate of drug-likeness (QED) is 0.457. The molecule has 12 heavy (non-hydrogen) atoms. The summed E-state index contributed by atoms with van der Waals surface area (Å²) in [5, 5.41) is 0. The molecular weight excluding hydrogens is 153 g/mol. The maximum absolute atomic E-state index is 12.5. The highest BCUT2D eigenvalue weighted by Gasteiger charge is 1.89. The number of unbranched alkanes of at least 4 members (excludes halogenated alkanes) is 1. The molecule has 1 aromatic rings. The van der Waals surface area contributed by atoms with Crippen LogP contribution in [-0.2, 0) is 0 Å². The van der Waals surface area contributed by atoms with Crippen LogP contribution in [0.1, 0.15) is 25.3 Å². The summed E-state index contributed by atoms with van der Waals surface area (Å²) in [4.78, 5) is 3.43. The number of rotatable bonds is 1. The summed E-state index contributed by atoms with van der Waals surface area (Å²) in [5.41, 5.74) is 0.691. The van der Waals surface area contributed by atoms with E-state index >= 15 is 0 Å². The molecule has 0 fully saturated rings. The van der Waals surface area contributed by atoms with Gasteiger partial charge in [0.2, 0.25) is 5.95 Å². The number of hydrogen-bond donors (Lipinski definition) is 0. The minimum absolute atomic E-state index is 0.474. The fraction of sp³-hybridized carbons (Fsp3) is 0.300. The van der Waals surface area contributed by atoms with Gasteiger partial charge in [0, 0.05) is 24.2 Å². The zero-order valence-electron chi connectivity index (χ0n) is 6.97. The van der Waals surface area contributed by atoms with Gasteiger partial charge in [0.15, 0.2) is 0 Å². The Hall–Kier alpha value is -1.36. The van der Waals surface area contributed by atoms with E-state index in [0.29, 0.717) is 5.56 Å². The fourth-order valence-corrected chi connectivity index (χ4v) is 0.770. The minimum Gasteiger partial charge on any atom is -0.228 e. The van der Waals surface area contributed by atoms with Crippen LogP contribution in [0.3, 0.4) is 0 Å². The van der Waals surface area contributed by atoms with E-state index in [4.69, 9.17) is 0 Å². The van der Waals surface area contributed by atoms with Gasteiger partial charge in [-0.05, 0) is 12.5 Å². The Balaban J connectivity index is 2.71. The van der Waals surface area contributed by atoms with Gasteiger partial charge in [-0.1, -0.05) is 18.8 Å². The molecule has 0 aliphatic carbocycles. The van der Waals surface area contributed by atoms with E-state index in [0.717, 1.165) is 12.8 Å². The van der Waals surface area contributed by atoms with E-state index in [9.17, 15) is 4.39 Å². The molecule has 0 saturated carbocycles. The first kappa shape index (κ1) is 8.73. The van der Waals surface area contributed by atoms with Crippen molar-refractivity contribution >= 4 is 0 Å². The Morgan fingerprint density at radius 2 is 2.42 bits per heavy atom. The third-order valence-electron chi connectivity index (χ3n) is 1.33. The van der Waals surface area contributed by atoms with Crippen molar-refractivity contribution in [1.82, 2.24) is 4.98 Å². The fourth-order valence-electron chi connectivity index (χ4n) is 0.770. The summed E-state index contributed by atoms with van der Waals surface area (Å²) in [7, 11) is 0. The molecule has 2 heteroatoms. The van der Waals surface area contributed by atoms with Crippen molar-refractivity contribution in [1.29, 1.82) is 0 Å². The topological polar surface area (TPSA) is 12.9 Å². The van der Waals surface area contributed by atoms with Crippen molar-refractivity contribution in [2.24, 2.45) is 0 Å². The number of halogens is 1. The van der Waals surface area contributed by atoms with E-state index in [-0.39, 0.29) is 0 Å². The molecule has 0 aliphatic rings. The second kappa shape index (κ2) is 4.50. The van der Waals surface area contributed by atoms with Gasteiger partial charge in [-0.25, -0.2) is 4.98 Å². The standard InChI is InChI=1S/C10H10FN/c1-2-3-4-5-9-6-7-12-10(11)8-9/h6-8H,2-3H2,1H3. The van der Waals surface area contributed by atoms with E-state index in [1.807, 2.05) is 0 Å². The normalized spacial score (nSPS) is 8.83. The Kier molecular flexibility index (Phi) is 3.28. The van der Waals surface area contributed by atoms with Crippen LogP contribution < -0.4 is 0 Å². The lowest BCUT2D eigenvalue weighted by Gasteiger charge is -1.88. The van der Waals surface area contributed by atoms with Crippen LogP contribution in [0.25, 0.3) is 0 Å². The Morgan fingerprint density at radius 1 is 1.58 bits per heavy atom. The highest BCUT2D eigenvalue weighted by atomic mass is 19.1. The highest BCUT2D eigenvalue weighted by Crippen LogP contribution is 1.97. The van der Waals surface area contributed by atoms with Gasteiger partial charge in [0.1, 0.15) is 0 Å². The molecule has 0 spiro atoms. The Labute approximate surface area is 71.6 Å². The summed E-state index contributed by atoms with van der Waals surface area (Å²) < 4.78 is 12.5. The van der Waals surface area contributed by atoms with Gasteiger partial charge in [0.25, 0.3) is 0 Å². The smallest absolute Gasteiger partial charge is 0.214 e. The van der Waals surface area contributed by atoms with Crippen molar-refractivity contribution in [3.05, 3.63) is 29.8 Å². The average molecular weight is 163 g/mol. The maximum atomic E-state index is 12.5. The van der Waals surface area contributed by atoms with E-state index in [1.54, 1.807) is 6.07 Å². The SMILES string of the molecule is CCCC#Cc1ccnc(F)c1. The monoisotopic (exact) mass is 163 g/mol. The molecule has 62 valence electrons. The molecule has 1 nitrogen and oxygen atoms in total. The van der Waals surface area contributed by atoms with Crippen LogP contribution >= 0.6 is 0 Å². The molecule has 1 heterocycles. The highest BCUT2D eigenvalue weighted by molar-refractivity contribution is 5.32. The lowest BCUT2D eigenvalue weighted by Crippen LogP contribution is -1.82.